The van der Waals surface area contributed by atoms with Crippen LogP contribution in [-0.2, 0) is 9.53 Å². The van der Waals surface area contributed by atoms with Crippen LogP contribution >= 0.6 is 11.6 Å². The first-order valence-electron chi connectivity index (χ1n) is 5.46. The van der Waals surface area contributed by atoms with Gasteiger partial charge in [-0.25, -0.2) is 9.59 Å². The monoisotopic (exact) mass is 284 g/mol. The van der Waals surface area contributed by atoms with Crippen LogP contribution < -0.4 is 5.43 Å². The molecule has 0 heterocycles. The summed E-state index contributed by atoms with van der Waals surface area (Å²) in [6.07, 6.45) is 0. The van der Waals surface area contributed by atoms with E-state index >= 15 is 0 Å². The standard InChI is InChI=1S/C12H13ClN2O4/c1-3-19-12(18)7(2)14-15-8-4-5-9(11(16)17)10(13)6-8/h4-6,15H,3H2,1-2H3,(H,16,17)/b14-7-. The summed E-state index contributed by atoms with van der Waals surface area (Å²) in [4.78, 5) is 22.0. The molecule has 1 aromatic rings. The number of nitrogens with one attached hydrogen (secondary N) is 1. The minimum Gasteiger partial charge on any atom is -0.478 e. The van der Waals surface area contributed by atoms with E-state index in [0.717, 1.165) is 0 Å². The molecule has 6 nitrogen and oxygen atoms in total. The van der Waals surface area contributed by atoms with Crippen LogP contribution in [-0.4, -0.2) is 29.4 Å². The third-order valence-electron chi connectivity index (χ3n) is 2.12. The molecule has 0 bridgehead atoms. The van der Waals surface area contributed by atoms with Crippen molar-refractivity contribution < 1.29 is 19.4 Å². The summed E-state index contributed by atoms with van der Waals surface area (Å²) in [5.41, 5.74) is 3.22. The lowest BCUT2D eigenvalue weighted by Crippen LogP contribution is -2.15. The fourth-order valence-electron chi connectivity index (χ4n) is 1.19. The molecule has 19 heavy (non-hydrogen) atoms. The Kier molecular flexibility index (Phi) is 5.32. The van der Waals surface area contributed by atoms with Crippen LogP contribution in [0.2, 0.25) is 5.02 Å². The third kappa shape index (κ3) is 4.26. The topological polar surface area (TPSA) is 88.0 Å². The first-order valence-corrected chi connectivity index (χ1v) is 5.83. The maximum atomic E-state index is 11.3. The van der Waals surface area contributed by atoms with E-state index in [1.54, 1.807) is 6.92 Å². The lowest BCUT2D eigenvalue weighted by Gasteiger charge is -2.05. The highest BCUT2D eigenvalue weighted by molar-refractivity contribution is 6.35. The number of halogens is 1. The molecule has 0 spiro atoms. The number of benzene rings is 1. The van der Waals surface area contributed by atoms with Crippen LogP contribution in [0.5, 0.6) is 0 Å². The molecule has 1 rings (SSSR count). The van der Waals surface area contributed by atoms with E-state index < -0.39 is 11.9 Å². The number of aromatic carboxylic acids is 1. The summed E-state index contributed by atoms with van der Waals surface area (Å²) in [7, 11) is 0. The van der Waals surface area contributed by atoms with Gasteiger partial charge >= 0.3 is 11.9 Å². The molecule has 2 N–H and O–H groups in total. The number of nitrogens with zero attached hydrogens (tertiary/aromatic N) is 1. The average Bonchev–Trinajstić information content (AvgIpc) is 2.35. The Morgan fingerprint density at radius 1 is 1.47 bits per heavy atom. The zero-order chi connectivity index (χ0) is 14.4. The number of hydrogen-bond acceptors (Lipinski definition) is 5. The summed E-state index contributed by atoms with van der Waals surface area (Å²) < 4.78 is 4.75. The number of carboxylic acids is 1. The molecule has 0 aromatic heterocycles. The fraction of sp³-hybridized carbons (Fsp3) is 0.250. The van der Waals surface area contributed by atoms with Gasteiger partial charge in [0.15, 0.2) is 0 Å². The van der Waals surface area contributed by atoms with Gasteiger partial charge < -0.3 is 9.84 Å². The van der Waals surface area contributed by atoms with E-state index in [9.17, 15) is 9.59 Å². The Labute approximate surface area is 115 Å². The summed E-state index contributed by atoms with van der Waals surface area (Å²) in [6, 6.07) is 4.26. The second-order valence-corrected chi connectivity index (χ2v) is 3.94. The molecule has 7 heteroatoms. The van der Waals surface area contributed by atoms with Gasteiger partial charge in [-0.15, -0.1) is 0 Å². The van der Waals surface area contributed by atoms with Crippen molar-refractivity contribution in [2.75, 3.05) is 12.0 Å². The number of carbonyl (C=O) groups excluding carboxylic acids is 1. The van der Waals surface area contributed by atoms with Crippen LogP contribution in [0.25, 0.3) is 0 Å². The number of carboxylic acid groups (broad SMARTS) is 1. The third-order valence-corrected chi connectivity index (χ3v) is 2.44. The van der Waals surface area contributed by atoms with Crippen LogP contribution in [0, 0.1) is 0 Å². The second kappa shape index (κ2) is 6.75. The zero-order valence-electron chi connectivity index (χ0n) is 10.4. The van der Waals surface area contributed by atoms with Gasteiger partial charge in [-0.1, -0.05) is 11.6 Å². The average molecular weight is 285 g/mol. The molecule has 0 saturated heterocycles. The summed E-state index contributed by atoms with van der Waals surface area (Å²) in [5, 5.41) is 12.7. The molecule has 102 valence electrons. The highest BCUT2D eigenvalue weighted by atomic mass is 35.5. The number of anilines is 1. The highest BCUT2D eigenvalue weighted by Gasteiger charge is 2.09. The zero-order valence-corrected chi connectivity index (χ0v) is 11.2. The Morgan fingerprint density at radius 3 is 2.68 bits per heavy atom. The lowest BCUT2D eigenvalue weighted by atomic mass is 10.2. The number of ether oxygens (including phenoxy) is 1. The lowest BCUT2D eigenvalue weighted by molar-refractivity contribution is -0.135. The van der Waals surface area contributed by atoms with Crippen molar-refractivity contribution in [1.82, 2.24) is 0 Å². The second-order valence-electron chi connectivity index (χ2n) is 3.53. The van der Waals surface area contributed by atoms with Gasteiger partial charge in [0.1, 0.15) is 5.71 Å². The molecular weight excluding hydrogens is 272 g/mol. The van der Waals surface area contributed by atoms with Crippen molar-refractivity contribution >= 4 is 34.9 Å². The minimum absolute atomic E-state index is 0.00156. The van der Waals surface area contributed by atoms with Crippen molar-refractivity contribution in [3.8, 4) is 0 Å². The van der Waals surface area contributed by atoms with Crippen molar-refractivity contribution in [2.24, 2.45) is 5.10 Å². The van der Waals surface area contributed by atoms with Gasteiger partial charge in [0.05, 0.1) is 22.9 Å². The summed E-state index contributed by atoms with van der Waals surface area (Å²) in [5.74, 6) is -1.63. The molecule has 0 aliphatic carbocycles. The normalized spacial score (nSPS) is 11.0. The fourth-order valence-corrected chi connectivity index (χ4v) is 1.45. The quantitative estimate of drug-likeness (QED) is 0.492. The molecule has 0 aliphatic rings. The van der Waals surface area contributed by atoms with E-state index in [0.29, 0.717) is 5.69 Å². The van der Waals surface area contributed by atoms with E-state index in [1.165, 1.54) is 25.1 Å². The van der Waals surface area contributed by atoms with Gasteiger partial charge in [-0.05, 0) is 32.0 Å². The van der Waals surface area contributed by atoms with Crippen LogP contribution in [0.15, 0.2) is 23.3 Å². The predicted molar refractivity (Wildman–Crippen MR) is 71.8 cm³/mol. The van der Waals surface area contributed by atoms with Crippen molar-refractivity contribution in [3.05, 3.63) is 28.8 Å². The number of hydrogen-bond donors (Lipinski definition) is 2. The van der Waals surface area contributed by atoms with Gasteiger partial charge in [-0.3, -0.25) is 5.43 Å². The van der Waals surface area contributed by atoms with Crippen molar-refractivity contribution in [3.63, 3.8) is 0 Å². The number of hydrazone groups is 1. The Balaban J connectivity index is 2.79. The Hall–Kier alpha value is -2.08. The van der Waals surface area contributed by atoms with Gasteiger partial charge in [-0.2, -0.15) is 5.10 Å². The summed E-state index contributed by atoms with van der Waals surface area (Å²) >= 11 is 5.79. The molecule has 0 aliphatic heterocycles. The minimum atomic E-state index is -1.11. The first-order chi connectivity index (χ1) is 8.95. The molecular formula is C12H13ClN2O4. The van der Waals surface area contributed by atoms with Gasteiger partial charge in [0.2, 0.25) is 0 Å². The Bertz CT molecular complexity index is 528. The highest BCUT2D eigenvalue weighted by Crippen LogP contribution is 2.20. The smallest absolute Gasteiger partial charge is 0.354 e. The molecule has 0 atom stereocenters. The number of rotatable bonds is 5. The largest absolute Gasteiger partial charge is 0.478 e. The van der Waals surface area contributed by atoms with E-state index in [1.807, 2.05) is 0 Å². The van der Waals surface area contributed by atoms with Crippen LogP contribution in [0.3, 0.4) is 0 Å². The van der Waals surface area contributed by atoms with Gasteiger partial charge in [0, 0.05) is 0 Å². The maximum absolute atomic E-state index is 11.3. The summed E-state index contributed by atoms with van der Waals surface area (Å²) in [6.45, 7) is 3.46. The maximum Gasteiger partial charge on any atom is 0.354 e. The van der Waals surface area contributed by atoms with Crippen molar-refractivity contribution in [1.29, 1.82) is 0 Å². The molecule has 0 radical (unpaired) electrons. The Morgan fingerprint density at radius 2 is 2.16 bits per heavy atom. The van der Waals surface area contributed by atoms with E-state index in [2.05, 4.69) is 10.5 Å². The van der Waals surface area contributed by atoms with Crippen LogP contribution in [0.1, 0.15) is 24.2 Å². The van der Waals surface area contributed by atoms with E-state index in [-0.39, 0.29) is 22.9 Å². The van der Waals surface area contributed by atoms with Crippen LogP contribution in [0.4, 0.5) is 5.69 Å². The number of esters is 1. The number of carbonyl (C=O) groups is 2. The van der Waals surface area contributed by atoms with Crippen molar-refractivity contribution in [2.45, 2.75) is 13.8 Å². The molecule has 1 aromatic carbocycles. The molecule has 0 unspecified atom stereocenters. The van der Waals surface area contributed by atoms with Gasteiger partial charge in [0.25, 0.3) is 0 Å². The molecule has 0 saturated carbocycles. The first kappa shape index (κ1) is 15.0. The molecule has 0 fully saturated rings. The predicted octanol–water partition coefficient (Wildman–Crippen LogP) is 2.39. The van der Waals surface area contributed by atoms with E-state index in [4.69, 9.17) is 21.4 Å². The SMILES string of the molecule is CCOC(=O)/C(C)=N\Nc1ccc(C(=O)O)c(Cl)c1. The molecule has 0 amide bonds.